The number of ketones is 1. The van der Waals surface area contributed by atoms with Crippen LogP contribution in [0.25, 0.3) is 0 Å². The Labute approximate surface area is 322 Å². The molecule has 5 atom stereocenters. The molecule has 2 aliphatic carbocycles. The van der Waals surface area contributed by atoms with Crippen molar-refractivity contribution in [2.45, 2.75) is 114 Å². The zero-order chi connectivity index (χ0) is 40.0. The number of carbonyl (C=O) groups excluding carboxylic acids is 4. The summed E-state index contributed by atoms with van der Waals surface area (Å²) in [6.45, 7) is 5.14. The molecule has 6 rings (SSSR count). The molecule has 3 aliphatic heterocycles. The summed E-state index contributed by atoms with van der Waals surface area (Å²) in [5, 5.41) is 11.7. The lowest BCUT2D eigenvalue weighted by molar-refractivity contribution is -0.593. The Bertz CT molecular complexity index is 1980. The van der Waals surface area contributed by atoms with Crippen molar-refractivity contribution in [3.63, 3.8) is 0 Å². The molecule has 2 fully saturated rings. The number of alkyl halides is 1. The molecule has 0 radical (unpaired) electrons. The first-order valence-corrected chi connectivity index (χ1v) is 20.4. The lowest BCUT2D eigenvalue weighted by atomic mass is 9.92. The minimum Gasteiger partial charge on any atom is -0.465 e. The van der Waals surface area contributed by atoms with Gasteiger partial charge in [0.25, 0.3) is 18.0 Å². The molecule has 1 unspecified atom stereocenters. The molecule has 4 amide bonds. The van der Waals surface area contributed by atoms with E-state index in [1.165, 1.54) is 12.1 Å². The standard InChI is InChI=1S/C36H44ClFN6O10S/c1-36(2,3)54-34(48)40-28-16-20(27(45)17-37)7-6-19-15-25(19)39-18-21-5-4-13-42(21)26(12-14-43(28)51)23-10-11-24-29(30(23)38)33(47)44(35(49)50)31(24)32(46)41-55(52,53)22-8-9-22/h10-11,18,20-22,26,28,31H,4-9,12-17H2,1-3H3,(H2-,40,41,46,48,49,50)/p+1/b39-18-/t20?,21-,26+,28-,31+/m0/s1. The van der Waals surface area contributed by atoms with Crippen molar-refractivity contribution >= 4 is 57.6 Å². The van der Waals surface area contributed by atoms with Gasteiger partial charge in [-0.2, -0.15) is 0 Å². The Kier molecular flexibility index (Phi) is 11.5. The number of carbonyl (C=O) groups is 5. The van der Waals surface area contributed by atoms with Gasteiger partial charge in [0, 0.05) is 70.0 Å². The van der Waals surface area contributed by atoms with E-state index in [9.17, 15) is 42.4 Å². The van der Waals surface area contributed by atoms with Crippen LogP contribution in [0.1, 0.15) is 112 Å². The van der Waals surface area contributed by atoms with Crippen molar-refractivity contribution < 1.29 is 51.4 Å². The van der Waals surface area contributed by atoms with Crippen molar-refractivity contribution in [1.29, 1.82) is 0 Å². The smallest absolute Gasteiger partial charge is 0.415 e. The number of fused-ring (bicyclic) bond motifs is 2. The maximum absolute atomic E-state index is 16.9. The monoisotopic (exact) mass is 807 g/mol. The van der Waals surface area contributed by atoms with Gasteiger partial charge < -0.3 is 9.84 Å². The first-order chi connectivity index (χ1) is 25.9. The number of imide groups is 1. The number of alkyl carbamates (subject to hydrolysis) is 1. The van der Waals surface area contributed by atoms with Gasteiger partial charge in [0.05, 0.1) is 16.7 Å². The molecule has 19 heteroatoms. The zero-order valence-electron chi connectivity index (χ0n) is 30.8. The topological polar surface area (TPSA) is 212 Å². The Morgan fingerprint density at radius 3 is 2.47 bits per heavy atom. The third kappa shape index (κ3) is 8.91. The molecule has 1 saturated heterocycles. The first kappa shape index (κ1) is 40.4. The van der Waals surface area contributed by atoms with E-state index in [-0.39, 0.29) is 53.1 Å². The predicted molar refractivity (Wildman–Crippen MR) is 195 cm³/mol. The molecule has 0 bridgehead atoms. The lowest BCUT2D eigenvalue weighted by Crippen LogP contribution is -2.47. The second-order valence-corrected chi connectivity index (χ2v) is 17.9. The Hall–Kier alpha value is -4.29. The number of allylic oxidation sites excluding steroid dienone is 2. The summed E-state index contributed by atoms with van der Waals surface area (Å²) in [6, 6.07) is -0.608. The molecule has 3 heterocycles. The number of benzene rings is 1. The van der Waals surface area contributed by atoms with Crippen LogP contribution in [0.2, 0.25) is 0 Å². The number of hydrogen-bond donors (Lipinski definition) is 3. The van der Waals surface area contributed by atoms with Crippen molar-refractivity contribution in [2.24, 2.45) is 10.9 Å². The van der Waals surface area contributed by atoms with Crippen LogP contribution in [0, 0.1) is 16.6 Å². The number of amides is 4. The van der Waals surface area contributed by atoms with E-state index in [0.29, 0.717) is 56.3 Å². The van der Waals surface area contributed by atoms with E-state index >= 15 is 4.39 Å². The molecule has 55 heavy (non-hydrogen) atoms. The number of nitroso groups, excluding NO2 is 1. The maximum Gasteiger partial charge on any atom is 0.415 e. The van der Waals surface area contributed by atoms with E-state index in [1.54, 1.807) is 27.0 Å². The number of aliphatic imine (C=N–C) groups is 1. The van der Waals surface area contributed by atoms with Gasteiger partial charge in [0.15, 0.2) is 12.3 Å². The molecule has 0 aromatic heterocycles. The summed E-state index contributed by atoms with van der Waals surface area (Å²) in [5.74, 6) is -5.02. The van der Waals surface area contributed by atoms with Gasteiger partial charge in [-0.25, -0.2) is 27.3 Å². The number of nitrogens with zero attached hydrogens (tertiary/aromatic N) is 4. The van der Waals surface area contributed by atoms with Crippen molar-refractivity contribution in [3.05, 3.63) is 50.8 Å². The number of halogens is 2. The maximum atomic E-state index is 16.9. The molecule has 5 aliphatic rings. The molecular weight excluding hydrogens is 763 g/mol. The molecule has 1 aromatic carbocycles. The van der Waals surface area contributed by atoms with Gasteiger partial charge in [-0.05, 0) is 71.4 Å². The van der Waals surface area contributed by atoms with Crippen molar-refractivity contribution in [2.75, 3.05) is 19.0 Å². The van der Waals surface area contributed by atoms with Crippen LogP contribution in [-0.4, -0.2) is 106 Å². The van der Waals surface area contributed by atoms with Crippen LogP contribution in [0.15, 0.2) is 28.4 Å². The summed E-state index contributed by atoms with van der Waals surface area (Å²) in [4.78, 5) is 85.9. The van der Waals surface area contributed by atoms with Crippen molar-refractivity contribution in [3.8, 4) is 0 Å². The minimum absolute atomic E-state index is 0.0553. The number of carboxylic acid groups (broad SMARTS) is 1. The second kappa shape index (κ2) is 15.7. The summed E-state index contributed by atoms with van der Waals surface area (Å²) in [5.41, 5.74) is -0.0464. The Morgan fingerprint density at radius 1 is 1.11 bits per heavy atom. The number of nitrogens with one attached hydrogen (secondary N) is 2. The summed E-state index contributed by atoms with van der Waals surface area (Å²) in [6.07, 6.45) is 1.19. The van der Waals surface area contributed by atoms with E-state index in [4.69, 9.17) is 21.3 Å². The van der Waals surface area contributed by atoms with Crippen LogP contribution in [0.4, 0.5) is 14.0 Å². The SMILES string of the molecule is CC(C)(C)OC(=O)N[C@@H]1CC(C(=O)CCl)CCC2=C(C2)/N=C\[C@@H]2CCCN2[C@@H](c2ccc3c(c2F)C(=O)N(C(=O)O)[C@H]3C(=O)NS(=O)(=O)C2CC2)CC[N+]1=O. The first-order valence-electron chi connectivity index (χ1n) is 18.4. The van der Waals surface area contributed by atoms with Gasteiger partial charge in [-0.1, -0.05) is 12.1 Å². The number of Topliss-reactive ketones (excluding diaryl/α,β-unsaturated/α-hetero) is 1. The number of rotatable bonds is 7. The largest absolute Gasteiger partial charge is 0.465 e. The summed E-state index contributed by atoms with van der Waals surface area (Å²) >= 11 is 5.97. The molecular formula is C36H45ClFN6O10S+. The van der Waals surface area contributed by atoms with Crippen LogP contribution in [0.3, 0.4) is 0 Å². The van der Waals surface area contributed by atoms with Gasteiger partial charge >= 0.3 is 12.2 Å². The molecule has 1 aromatic rings. The fourth-order valence-electron chi connectivity index (χ4n) is 7.60. The summed E-state index contributed by atoms with van der Waals surface area (Å²) < 4.78 is 50.0. The third-order valence-corrected chi connectivity index (χ3v) is 12.7. The minimum atomic E-state index is -4.14. The normalized spacial score (nSPS) is 26.9. The highest BCUT2D eigenvalue weighted by Gasteiger charge is 2.50. The Morgan fingerprint density at radius 2 is 1.82 bits per heavy atom. The van der Waals surface area contributed by atoms with E-state index in [1.807, 2.05) is 9.62 Å². The van der Waals surface area contributed by atoms with Crippen LogP contribution in [-0.2, 0) is 24.3 Å². The van der Waals surface area contributed by atoms with E-state index in [0.717, 1.165) is 11.3 Å². The van der Waals surface area contributed by atoms with E-state index < -0.39 is 80.4 Å². The quantitative estimate of drug-likeness (QED) is 0.258. The fourth-order valence-corrected chi connectivity index (χ4v) is 9.13. The fraction of sp³-hybridized carbons (Fsp3) is 0.611. The molecule has 298 valence electrons. The van der Waals surface area contributed by atoms with Gasteiger partial charge in [0.2, 0.25) is 10.0 Å². The highest BCUT2D eigenvalue weighted by molar-refractivity contribution is 7.90. The van der Waals surface area contributed by atoms with Crippen molar-refractivity contribution in [1.82, 2.24) is 19.8 Å². The number of ether oxygens (including phenoxy) is 1. The molecule has 0 spiro atoms. The molecule has 1 saturated carbocycles. The van der Waals surface area contributed by atoms with Gasteiger partial charge in [0.1, 0.15) is 17.5 Å². The number of hydrogen-bond acceptors (Lipinski definition) is 11. The van der Waals surface area contributed by atoms with Crippen LogP contribution >= 0.6 is 11.6 Å². The average molecular weight is 808 g/mol. The van der Waals surface area contributed by atoms with E-state index in [2.05, 4.69) is 5.32 Å². The lowest BCUT2D eigenvalue weighted by Gasteiger charge is -2.32. The second-order valence-electron chi connectivity index (χ2n) is 15.6. The molecule has 3 N–H and O–H groups in total. The van der Waals surface area contributed by atoms with Crippen LogP contribution < -0.4 is 10.0 Å². The number of sulfonamides is 1. The predicted octanol–water partition coefficient (Wildman–Crippen LogP) is 4.47. The highest BCUT2D eigenvalue weighted by Crippen LogP contribution is 2.42. The van der Waals surface area contributed by atoms with Crippen LogP contribution in [0.5, 0.6) is 0 Å². The molecule has 16 nitrogen and oxygen atoms in total. The Balaban J connectivity index is 1.37. The third-order valence-electron chi connectivity index (χ3n) is 10.6. The zero-order valence-corrected chi connectivity index (χ0v) is 32.3. The van der Waals surface area contributed by atoms with Gasteiger partial charge in [-0.3, -0.25) is 34.3 Å². The van der Waals surface area contributed by atoms with Gasteiger partial charge in [-0.15, -0.1) is 11.6 Å². The summed E-state index contributed by atoms with van der Waals surface area (Å²) in [7, 11) is -4.14. The average Bonchev–Trinajstić information content (AvgIpc) is 4.02. The highest BCUT2D eigenvalue weighted by atomic mass is 35.5.